The van der Waals surface area contributed by atoms with Crippen molar-refractivity contribution < 1.29 is 8.42 Å². The third-order valence-electron chi connectivity index (χ3n) is 3.35. The normalized spacial score (nSPS) is 22.5. The predicted octanol–water partition coefficient (Wildman–Crippen LogP) is 0.159. The third-order valence-corrected chi connectivity index (χ3v) is 5.10. The Kier molecular flexibility index (Phi) is 3.99. The van der Waals surface area contributed by atoms with Crippen LogP contribution in [0.3, 0.4) is 0 Å². The van der Waals surface area contributed by atoms with Gasteiger partial charge in [-0.15, -0.1) is 0 Å². The maximum absolute atomic E-state index is 11.4. The summed E-state index contributed by atoms with van der Waals surface area (Å²) in [6.45, 7) is 1.16. The Hall–Kier alpha value is -0.980. The third kappa shape index (κ3) is 3.28. The predicted molar refractivity (Wildman–Crippen MR) is 70.7 cm³/mol. The number of hydrogen-bond acceptors (Lipinski definition) is 5. The molecule has 0 amide bonds. The Morgan fingerprint density at radius 2 is 2.33 bits per heavy atom. The molecule has 100 valence electrons. The molecule has 0 radical (unpaired) electrons. The highest BCUT2D eigenvalue weighted by Crippen LogP contribution is 2.18. The van der Waals surface area contributed by atoms with Crippen molar-refractivity contribution >= 4 is 9.84 Å². The van der Waals surface area contributed by atoms with Crippen molar-refractivity contribution in [2.75, 3.05) is 18.6 Å². The molecular weight excluding hydrogens is 250 g/mol. The zero-order chi connectivity index (χ0) is 13.2. The van der Waals surface area contributed by atoms with Gasteiger partial charge in [0, 0.05) is 25.3 Å². The van der Waals surface area contributed by atoms with Crippen molar-refractivity contribution in [1.82, 2.24) is 9.88 Å². The van der Waals surface area contributed by atoms with E-state index in [9.17, 15) is 8.42 Å². The van der Waals surface area contributed by atoms with Gasteiger partial charge in [0.15, 0.2) is 9.84 Å². The van der Waals surface area contributed by atoms with Crippen molar-refractivity contribution in [3.05, 3.63) is 29.6 Å². The highest BCUT2D eigenvalue weighted by molar-refractivity contribution is 7.91. The molecule has 0 saturated carbocycles. The lowest BCUT2D eigenvalue weighted by Gasteiger charge is -2.23. The Morgan fingerprint density at radius 3 is 2.94 bits per heavy atom. The summed E-state index contributed by atoms with van der Waals surface area (Å²) in [5, 5.41) is 0. The molecule has 18 heavy (non-hydrogen) atoms. The van der Waals surface area contributed by atoms with Gasteiger partial charge < -0.3 is 5.73 Å². The lowest BCUT2D eigenvalue weighted by molar-refractivity contribution is 0.254. The molecule has 1 aliphatic rings. The zero-order valence-electron chi connectivity index (χ0n) is 10.5. The minimum Gasteiger partial charge on any atom is -0.325 e. The van der Waals surface area contributed by atoms with Gasteiger partial charge in [-0.05, 0) is 31.2 Å². The maximum atomic E-state index is 11.4. The molecule has 1 unspecified atom stereocenters. The molecular formula is C12H19N3O2S. The molecule has 2 N–H and O–H groups in total. The Morgan fingerprint density at radius 1 is 1.56 bits per heavy atom. The number of rotatable bonds is 4. The molecule has 5 nitrogen and oxygen atoms in total. The van der Waals surface area contributed by atoms with Gasteiger partial charge in [-0.2, -0.15) is 0 Å². The van der Waals surface area contributed by atoms with E-state index in [0.29, 0.717) is 12.3 Å². The van der Waals surface area contributed by atoms with Crippen LogP contribution >= 0.6 is 0 Å². The van der Waals surface area contributed by atoms with Crippen LogP contribution in [0.5, 0.6) is 0 Å². The molecule has 0 bridgehead atoms. The molecule has 1 aromatic heterocycles. The number of nitrogens with two attached hydrogens (primary N) is 1. The van der Waals surface area contributed by atoms with Crippen LogP contribution in [0.2, 0.25) is 0 Å². The number of nitrogens with zero attached hydrogens (tertiary/aromatic N) is 2. The number of aromatic nitrogens is 1. The van der Waals surface area contributed by atoms with E-state index in [-0.39, 0.29) is 11.8 Å². The van der Waals surface area contributed by atoms with Crippen molar-refractivity contribution in [2.45, 2.75) is 25.6 Å². The summed E-state index contributed by atoms with van der Waals surface area (Å²) in [6.07, 6.45) is 2.48. The lowest BCUT2D eigenvalue weighted by Crippen LogP contribution is -2.32. The molecule has 6 heteroatoms. The first-order valence-corrected chi connectivity index (χ1v) is 7.87. The van der Waals surface area contributed by atoms with Crippen molar-refractivity contribution in [3.63, 3.8) is 0 Å². The molecule has 1 saturated heterocycles. The summed E-state index contributed by atoms with van der Waals surface area (Å²) in [7, 11) is -0.853. The van der Waals surface area contributed by atoms with Crippen molar-refractivity contribution in [3.8, 4) is 0 Å². The monoisotopic (exact) mass is 269 g/mol. The highest BCUT2D eigenvalue weighted by Gasteiger charge is 2.30. The van der Waals surface area contributed by atoms with Gasteiger partial charge in [0.05, 0.1) is 17.2 Å². The summed E-state index contributed by atoms with van der Waals surface area (Å²) in [5.41, 5.74) is 7.54. The number of sulfone groups is 1. The topological polar surface area (TPSA) is 76.3 Å². The second-order valence-electron chi connectivity index (χ2n) is 4.83. The molecule has 2 rings (SSSR count). The Balaban J connectivity index is 2.01. The van der Waals surface area contributed by atoms with Crippen molar-refractivity contribution in [1.29, 1.82) is 0 Å². The van der Waals surface area contributed by atoms with Gasteiger partial charge in [0.2, 0.25) is 0 Å². The summed E-state index contributed by atoms with van der Waals surface area (Å²) in [4.78, 5) is 6.24. The van der Waals surface area contributed by atoms with Crippen molar-refractivity contribution in [2.24, 2.45) is 5.73 Å². The van der Waals surface area contributed by atoms with Crippen LogP contribution in [0.15, 0.2) is 18.3 Å². The molecule has 0 aliphatic carbocycles. The first-order valence-electron chi connectivity index (χ1n) is 6.05. The van der Waals surface area contributed by atoms with Crippen LogP contribution in [-0.4, -0.2) is 42.9 Å². The fourth-order valence-electron chi connectivity index (χ4n) is 2.28. The van der Waals surface area contributed by atoms with E-state index >= 15 is 0 Å². The fourth-order valence-corrected chi connectivity index (χ4v) is 4.08. The van der Waals surface area contributed by atoms with Crippen LogP contribution in [0.1, 0.15) is 17.7 Å². The summed E-state index contributed by atoms with van der Waals surface area (Å²) >= 11 is 0. The average molecular weight is 269 g/mol. The standard InChI is InChI=1S/C12H19N3O2S/c1-15(12-3-5-18(16,17)9-12)8-10-2-4-14-11(6-10)7-13/h2,4,6,12H,3,5,7-9,13H2,1H3. The minimum atomic E-state index is -2.82. The van der Waals surface area contributed by atoms with Crippen LogP contribution < -0.4 is 5.73 Å². The molecule has 1 aliphatic heterocycles. The molecule has 1 aromatic rings. The van der Waals surface area contributed by atoms with E-state index in [1.165, 1.54) is 0 Å². The largest absolute Gasteiger partial charge is 0.325 e. The Labute approximate surface area is 108 Å². The number of pyridine rings is 1. The quantitative estimate of drug-likeness (QED) is 0.842. The van der Waals surface area contributed by atoms with E-state index in [1.807, 2.05) is 19.2 Å². The molecule has 0 aromatic carbocycles. The van der Waals surface area contributed by atoms with Gasteiger partial charge in [-0.1, -0.05) is 0 Å². The van der Waals surface area contributed by atoms with Crippen LogP contribution in [0, 0.1) is 0 Å². The van der Waals surface area contributed by atoms with Crippen LogP contribution in [-0.2, 0) is 22.9 Å². The lowest BCUT2D eigenvalue weighted by atomic mass is 10.1. The summed E-state index contributed by atoms with van der Waals surface area (Å²) in [5.74, 6) is 0.588. The van der Waals surface area contributed by atoms with Crippen LogP contribution in [0.25, 0.3) is 0 Å². The fraction of sp³-hybridized carbons (Fsp3) is 0.583. The second-order valence-corrected chi connectivity index (χ2v) is 7.06. The van der Waals surface area contributed by atoms with Gasteiger partial charge in [-0.3, -0.25) is 9.88 Å². The first kappa shape index (κ1) is 13.5. The van der Waals surface area contributed by atoms with Gasteiger partial charge in [-0.25, -0.2) is 8.42 Å². The van der Waals surface area contributed by atoms with Gasteiger partial charge >= 0.3 is 0 Å². The summed E-state index contributed by atoms with van der Waals surface area (Å²) in [6, 6.07) is 4.04. The van der Waals surface area contributed by atoms with Crippen LogP contribution in [0.4, 0.5) is 0 Å². The summed E-state index contributed by atoms with van der Waals surface area (Å²) < 4.78 is 22.9. The average Bonchev–Trinajstić information content (AvgIpc) is 2.70. The molecule has 2 heterocycles. The van der Waals surface area contributed by atoms with E-state index in [1.54, 1.807) is 6.20 Å². The highest BCUT2D eigenvalue weighted by atomic mass is 32.2. The number of hydrogen-bond donors (Lipinski definition) is 1. The Bertz CT molecular complexity index is 516. The zero-order valence-corrected chi connectivity index (χ0v) is 11.4. The molecule has 1 atom stereocenters. The van der Waals surface area contributed by atoms with E-state index in [0.717, 1.165) is 24.2 Å². The van der Waals surface area contributed by atoms with Gasteiger partial charge in [0.1, 0.15) is 0 Å². The van der Waals surface area contributed by atoms with E-state index in [4.69, 9.17) is 5.73 Å². The van der Waals surface area contributed by atoms with E-state index in [2.05, 4.69) is 9.88 Å². The van der Waals surface area contributed by atoms with Gasteiger partial charge in [0.25, 0.3) is 0 Å². The SMILES string of the molecule is CN(Cc1ccnc(CN)c1)C1CCS(=O)(=O)C1. The van der Waals surface area contributed by atoms with E-state index < -0.39 is 9.84 Å². The minimum absolute atomic E-state index is 0.129. The molecule has 1 fully saturated rings. The smallest absolute Gasteiger partial charge is 0.151 e. The maximum Gasteiger partial charge on any atom is 0.151 e. The second kappa shape index (κ2) is 5.34. The first-order chi connectivity index (χ1) is 8.50. The molecule has 0 spiro atoms.